The molecule has 0 bridgehead atoms. The first kappa shape index (κ1) is 17.5. The van der Waals surface area contributed by atoms with Gasteiger partial charge in [-0.1, -0.05) is 31.9 Å². The van der Waals surface area contributed by atoms with Gasteiger partial charge < -0.3 is 5.11 Å². The molecule has 1 rings (SSSR count). The third-order valence-corrected chi connectivity index (χ3v) is 3.08. The first-order valence-electron chi connectivity index (χ1n) is 6.42. The average molecular weight is 283 g/mol. The molecule has 0 saturated heterocycles. The molecule has 1 aromatic rings. The van der Waals surface area contributed by atoms with Crippen molar-refractivity contribution in [3.63, 3.8) is 0 Å². The molecule has 1 nitrogen and oxygen atoms in total. The van der Waals surface area contributed by atoms with Crippen LogP contribution in [0.15, 0.2) is 23.8 Å². The summed E-state index contributed by atoms with van der Waals surface area (Å²) in [6.07, 6.45) is 5.45. The molecule has 1 unspecified atom stereocenters. The van der Waals surface area contributed by atoms with E-state index in [-0.39, 0.29) is 17.4 Å². The van der Waals surface area contributed by atoms with Crippen LogP contribution in [0.5, 0.6) is 0 Å². The number of aliphatic hydroxyl groups is 1. The van der Waals surface area contributed by atoms with E-state index in [2.05, 4.69) is 39.0 Å². The maximum atomic E-state index is 9.29. The molecule has 0 fully saturated rings. The number of hydrogen-bond donors (Lipinski definition) is 1. The van der Waals surface area contributed by atoms with Crippen molar-refractivity contribution in [2.24, 2.45) is 5.92 Å². The predicted octanol–water partition coefficient (Wildman–Crippen LogP) is 3.99. The van der Waals surface area contributed by atoms with Crippen molar-refractivity contribution in [3.05, 3.63) is 41.0 Å². The number of allylic oxidation sites excluding steroid dienone is 1. The number of aliphatic hydroxyl groups excluding tert-OH is 1. The van der Waals surface area contributed by atoms with Gasteiger partial charge in [-0.25, -0.2) is 0 Å². The quantitative estimate of drug-likeness (QED) is 0.783. The van der Waals surface area contributed by atoms with Crippen LogP contribution in [0.3, 0.4) is 0 Å². The Morgan fingerprint density at radius 1 is 1.50 bits per heavy atom. The molecule has 0 heterocycles. The third-order valence-electron chi connectivity index (χ3n) is 3.08. The van der Waals surface area contributed by atoms with Crippen molar-refractivity contribution in [1.82, 2.24) is 0 Å². The van der Waals surface area contributed by atoms with Crippen molar-refractivity contribution >= 4 is 6.08 Å². The minimum Gasteiger partial charge on any atom is -0.396 e. The van der Waals surface area contributed by atoms with Gasteiger partial charge >= 0.3 is 0 Å². The Balaban J connectivity index is 0.00000289. The number of rotatable bonds is 6. The molecular weight excluding hydrogens is 260 g/mol. The summed E-state index contributed by atoms with van der Waals surface area (Å²) in [4.78, 5) is 0. The first-order chi connectivity index (χ1) is 8.17. The summed E-state index contributed by atoms with van der Waals surface area (Å²) >= 11 is 0. The van der Waals surface area contributed by atoms with Crippen LogP contribution in [-0.4, -0.2) is 11.7 Å². The summed E-state index contributed by atoms with van der Waals surface area (Å²) in [6.45, 7) is 6.71. The van der Waals surface area contributed by atoms with Crippen LogP contribution < -0.4 is 0 Å². The molecule has 0 amide bonds. The Labute approximate surface area is 122 Å². The van der Waals surface area contributed by atoms with Gasteiger partial charge in [-0.05, 0) is 25.7 Å². The zero-order valence-electron chi connectivity index (χ0n) is 11.6. The van der Waals surface area contributed by atoms with E-state index in [1.165, 1.54) is 16.7 Å². The fourth-order valence-electron chi connectivity index (χ4n) is 2.13. The van der Waals surface area contributed by atoms with E-state index in [1.54, 1.807) is 0 Å². The molecule has 0 aliphatic carbocycles. The fourth-order valence-corrected chi connectivity index (χ4v) is 2.13. The molecule has 1 atom stereocenters. The third kappa shape index (κ3) is 5.87. The van der Waals surface area contributed by atoms with Gasteiger partial charge in [0.2, 0.25) is 0 Å². The smallest absolute Gasteiger partial charge is 0.0462 e. The van der Waals surface area contributed by atoms with E-state index in [0.29, 0.717) is 12.5 Å². The monoisotopic (exact) mass is 283 g/mol. The van der Waals surface area contributed by atoms with Gasteiger partial charge in [-0.2, -0.15) is 29.8 Å². The largest absolute Gasteiger partial charge is 0.396 e. The first-order valence-corrected chi connectivity index (χ1v) is 6.42. The maximum Gasteiger partial charge on any atom is 0.0462 e. The molecule has 0 saturated carbocycles. The second-order valence-electron chi connectivity index (χ2n) is 4.81. The zero-order chi connectivity index (χ0) is 12.7. The zero-order valence-corrected chi connectivity index (χ0v) is 12.8. The van der Waals surface area contributed by atoms with E-state index in [9.17, 15) is 5.11 Å². The summed E-state index contributed by atoms with van der Waals surface area (Å²) in [5.74, 6) is 0.409. The molecule has 0 aliphatic heterocycles. The molecule has 1 N–H and O–H groups in total. The van der Waals surface area contributed by atoms with Gasteiger partial charge in [-0.15, -0.1) is 5.56 Å². The van der Waals surface area contributed by atoms with Crippen LogP contribution in [0, 0.1) is 18.9 Å². The van der Waals surface area contributed by atoms with E-state index in [1.807, 2.05) is 12.1 Å². The van der Waals surface area contributed by atoms with E-state index in [4.69, 9.17) is 0 Å². The Kier molecular flexibility index (Phi) is 9.11. The Bertz CT molecular complexity index is 371. The summed E-state index contributed by atoms with van der Waals surface area (Å²) in [6, 6.07) is 9.12. The summed E-state index contributed by atoms with van der Waals surface area (Å²) in [5.41, 5.74) is 3.85. The van der Waals surface area contributed by atoms with Gasteiger partial charge in [0, 0.05) is 24.0 Å². The molecule has 18 heavy (non-hydrogen) atoms. The standard InChI is InChI=1S/C16H23O.Cr/c1-4-7-15(12-17)10-13(2)11-16-9-6-5-8-14(16)3;/h6,8-9,11,15,17H,4,7,10,12H2,1-3H3;/q-1;/b13-11-;. The van der Waals surface area contributed by atoms with Crippen LogP contribution in [0.4, 0.5) is 0 Å². The SMILES string of the molecule is CCCC(CO)C/C(C)=C\c1cc[c-]cc1C.[Cr]. The normalized spacial score (nSPS) is 13.0. The van der Waals surface area contributed by atoms with Crippen LogP contribution in [0.1, 0.15) is 44.2 Å². The van der Waals surface area contributed by atoms with Crippen LogP contribution in [0.2, 0.25) is 0 Å². The van der Waals surface area contributed by atoms with Crippen LogP contribution in [0.25, 0.3) is 6.08 Å². The molecule has 2 heteroatoms. The van der Waals surface area contributed by atoms with E-state index < -0.39 is 0 Å². The Hall–Kier alpha value is -0.548. The minimum absolute atomic E-state index is 0. The number of aryl methyl sites for hydroxylation is 1. The van der Waals surface area contributed by atoms with Gasteiger partial charge in [0.25, 0.3) is 0 Å². The predicted molar refractivity (Wildman–Crippen MR) is 73.8 cm³/mol. The van der Waals surface area contributed by atoms with Crippen LogP contribution in [-0.2, 0) is 17.4 Å². The Morgan fingerprint density at radius 2 is 2.22 bits per heavy atom. The maximum absolute atomic E-state index is 9.29. The molecule has 0 aromatic heterocycles. The number of hydrogen-bond acceptors (Lipinski definition) is 1. The topological polar surface area (TPSA) is 20.2 Å². The van der Waals surface area contributed by atoms with Crippen LogP contribution >= 0.6 is 0 Å². The summed E-state index contributed by atoms with van der Waals surface area (Å²) in [5, 5.41) is 9.29. The van der Waals surface area contributed by atoms with Gasteiger partial charge in [0.1, 0.15) is 0 Å². The van der Waals surface area contributed by atoms with Crippen molar-refractivity contribution in [2.75, 3.05) is 6.61 Å². The molecule has 100 valence electrons. The number of benzene rings is 1. The van der Waals surface area contributed by atoms with Crippen molar-refractivity contribution < 1.29 is 22.5 Å². The Morgan fingerprint density at radius 3 is 2.78 bits per heavy atom. The summed E-state index contributed by atoms with van der Waals surface area (Å²) < 4.78 is 0. The minimum atomic E-state index is 0. The molecule has 0 spiro atoms. The molecular formula is C16H23CrO-. The molecule has 1 aromatic carbocycles. The second kappa shape index (κ2) is 9.39. The van der Waals surface area contributed by atoms with E-state index in [0.717, 1.165) is 19.3 Å². The molecule has 0 aliphatic rings. The van der Waals surface area contributed by atoms with Crippen molar-refractivity contribution in [1.29, 1.82) is 0 Å². The summed E-state index contributed by atoms with van der Waals surface area (Å²) in [7, 11) is 0. The van der Waals surface area contributed by atoms with Gasteiger partial charge in [0.05, 0.1) is 0 Å². The fraction of sp³-hybridized carbons (Fsp3) is 0.500. The molecule has 0 radical (unpaired) electrons. The van der Waals surface area contributed by atoms with E-state index >= 15 is 0 Å². The second-order valence-corrected chi connectivity index (χ2v) is 4.81. The average Bonchev–Trinajstić information content (AvgIpc) is 2.31. The van der Waals surface area contributed by atoms with Gasteiger partial charge in [-0.3, -0.25) is 0 Å². The van der Waals surface area contributed by atoms with Gasteiger partial charge in [0.15, 0.2) is 0 Å². The van der Waals surface area contributed by atoms with Crippen molar-refractivity contribution in [3.8, 4) is 0 Å². The van der Waals surface area contributed by atoms with Crippen molar-refractivity contribution in [2.45, 2.75) is 40.0 Å².